The number of benzene rings is 1. The molecule has 2 rings (SSSR count). The van der Waals surface area contributed by atoms with Gasteiger partial charge in [-0.3, -0.25) is 0 Å². The minimum atomic E-state index is 0.353. The molecule has 5 heteroatoms. The third kappa shape index (κ3) is 1.80. The Morgan fingerprint density at radius 1 is 1.27 bits per heavy atom. The molecule has 0 atom stereocenters. The van der Waals surface area contributed by atoms with Gasteiger partial charge in [0.15, 0.2) is 5.82 Å². The number of nitrogens with two attached hydrogens (primary N) is 1. The topological polar surface area (TPSA) is 52.0 Å². The van der Waals surface area contributed by atoms with E-state index in [9.17, 15) is 0 Å². The number of anilines is 1. The fourth-order valence-corrected chi connectivity index (χ4v) is 1.69. The molecule has 0 unspecified atom stereocenters. The normalized spacial score (nSPS) is 10.6. The van der Waals surface area contributed by atoms with Crippen molar-refractivity contribution >= 4 is 29.0 Å². The van der Waals surface area contributed by atoms with Gasteiger partial charge in [-0.25, -0.2) is 0 Å². The third-order valence-corrected chi connectivity index (χ3v) is 2.84. The Bertz CT molecular complexity index is 489. The predicted octanol–water partition coefficient (Wildman–Crippen LogP) is 3.54. The number of rotatable bonds is 1. The van der Waals surface area contributed by atoms with E-state index < -0.39 is 0 Å². The van der Waals surface area contributed by atoms with Crippen molar-refractivity contribution in [2.24, 2.45) is 0 Å². The lowest BCUT2D eigenvalue weighted by atomic mass is 10.1. The van der Waals surface area contributed by atoms with Gasteiger partial charge in [0.2, 0.25) is 0 Å². The molecule has 0 amide bonds. The molecule has 0 radical (unpaired) electrons. The molecule has 0 spiro atoms. The highest BCUT2D eigenvalue weighted by atomic mass is 35.5. The molecule has 78 valence electrons. The second-order valence-corrected chi connectivity index (χ2v) is 3.94. The van der Waals surface area contributed by atoms with Crippen LogP contribution >= 0.6 is 23.2 Å². The Morgan fingerprint density at radius 2 is 2.00 bits per heavy atom. The van der Waals surface area contributed by atoms with Gasteiger partial charge in [0, 0.05) is 0 Å². The van der Waals surface area contributed by atoms with Crippen molar-refractivity contribution in [3.63, 3.8) is 0 Å². The van der Waals surface area contributed by atoms with Crippen LogP contribution in [0.4, 0.5) is 5.82 Å². The number of hydrogen-bond acceptors (Lipinski definition) is 3. The molecule has 1 aromatic heterocycles. The fraction of sp³-hybridized carbons (Fsp3) is 0.100. The lowest BCUT2D eigenvalue weighted by Crippen LogP contribution is -1.88. The summed E-state index contributed by atoms with van der Waals surface area (Å²) in [6.45, 7) is 1.79. The third-order valence-electron chi connectivity index (χ3n) is 2.10. The molecule has 2 aromatic rings. The van der Waals surface area contributed by atoms with E-state index in [1.165, 1.54) is 0 Å². The van der Waals surface area contributed by atoms with Gasteiger partial charge in [0.25, 0.3) is 0 Å². The number of hydrogen-bond donors (Lipinski definition) is 1. The van der Waals surface area contributed by atoms with Gasteiger partial charge in [-0.15, -0.1) is 0 Å². The zero-order valence-electron chi connectivity index (χ0n) is 7.92. The minimum Gasteiger partial charge on any atom is -0.380 e. The Morgan fingerprint density at radius 3 is 2.53 bits per heavy atom. The van der Waals surface area contributed by atoms with Gasteiger partial charge in [-0.2, -0.15) is 0 Å². The van der Waals surface area contributed by atoms with E-state index in [0.29, 0.717) is 21.6 Å². The molecular weight excluding hydrogens is 235 g/mol. The first-order chi connectivity index (χ1) is 7.09. The lowest BCUT2D eigenvalue weighted by Gasteiger charge is -2.01. The second kappa shape index (κ2) is 3.76. The Labute approximate surface area is 96.8 Å². The van der Waals surface area contributed by atoms with Crippen LogP contribution in [0, 0.1) is 6.92 Å². The van der Waals surface area contributed by atoms with E-state index in [-0.39, 0.29) is 0 Å². The van der Waals surface area contributed by atoms with E-state index in [1.807, 2.05) is 6.07 Å². The van der Waals surface area contributed by atoms with Gasteiger partial charge in [0.05, 0.1) is 15.6 Å². The summed E-state index contributed by atoms with van der Waals surface area (Å²) in [4.78, 5) is 0. The van der Waals surface area contributed by atoms with Crippen LogP contribution in [-0.4, -0.2) is 5.16 Å². The number of nitrogens with zero attached hydrogens (tertiary/aromatic N) is 1. The first-order valence-electron chi connectivity index (χ1n) is 4.26. The van der Waals surface area contributed by atoms with Crippen molar-refractivity contribution in [3.8, 4) is 11.1 Å². The highest BCUT2D eigenvalue weighted by Gasteiger charge is 2.13. The molecule has 0 bridgehead atoms. The molecule has 0 saturated carbocycles. The standard InChI is InChI=1S/C10H8Cl2N2O/c1-5-9(10(13)14-15-5)6-2-3-7(11)8(12)4-6/h2-4H,1H3,(H2,13,14). The molecule has 0 aliphatic heterocycles. The number of aromatic nitrogens is 1. The number of aryl methyl sites for hydroxylation is 1. The molecule has 1 aromatic carbocycles. The van der Waals surface area contributed by atoms with E-state index >= 15 is 0 Å². The second-order valence-electron chi connectivity index (χ2n) is 3.13. The van der Waals surface area contributed by atoms with Crippen molar-refractivity contribution < 1.29 is 4.52 Å². The van der Waals surface area contributed by atoms with Crippen LogP contribution in [-0.2, 0) is 0 Å². The molecule has 3 nitrogen and oxygen atoms in total. The summed E-state index contributed by atoms with van der Waals surface area (Å²) in [5.41, 5.74) is 7.29. The lowest BCUT2D eigenvalue weighted by molar-refractivity contribution is 0.401. The first kappa shape index (κ1) is 10.3. The van der Waals surface area contributed by atoms with Crippen LogP contribution in [0.15, 0.2) is 22.7 Å². The summed E-state index contributed by atoms with van der Waals surface area (Å²) in [6.07, 6.45) is 0. The van der Waals surface area contributed by atoms with Crippen LogP contribution in [0.25, 0.3) is 11.1 Å². The van der Waals surface area contributed by atoms with E-state index in [1.54, 1.807) is 19.1 Å². The van der Waals surface area contributed by atoms with Gasteiger partial charge < -0.3 is 10.3 Å². The zero-order valence-corrected chi connectivity index (χ0v) is 9.43. The Hall–Kier alpha value is -1.19. The number of halogens is 2. The fourth-order valence-electron chi connectivity index (χ4n) is 1.39. The maximum atomic E-state index is 5.91. The summed E-state index contributed by atoms with van der Waals surface area (Å²) >= 11 is 11.7. The summed E-state index contributed by atoms with van der Waals surface area (Å²) in [5, 5.41) is 4.66. The average molecular weight is 243 g/mol. The molecule has 0 aliphatic carbocycles. The summed E-state index contributed by atoms with van der Waals surface area (Å²) in [6, 6.07) is 5.27. The van der Waals surface area contributed by atoms with E-state index in [2.05, 4.69) is 5.16 Å². The molecule has 0 aliphatic rings. The first-order valence-corrected chi connectivity index (χ1v) is 5.02. The quantitative estimate of drug-likeness (QED) is 0.833. The van der Waals surface area contributed by atoms with E-state index in [0.717, 1.165) is 11.1 Å². The molecular formula is C10H8Cl2N2O. The van der Waals surface area contributed by atoms with Crippen molar-refractivity contribution in [1.29, 1.82) is 0 Å². The highest BCUT2D eigenvalue weighted by Crippen LogP contribution is 2.33. The highest BCUT2D eigenvalue weighted by molar-refractivity contribution is 6.42. The Kier molecular flexibility index (Phi) is 2.59. The van der Waals surface area contributed by atoms with Crippen molar-refractivity contribution in [2.45, 2.75) is 6.92 Å². The van der Waals surface area contributed by atoms with Crippen LogP contribution in [0.5, 0.6) is 0 Å². The Balaban J connectivity index is 2.59. The maximum Gasteiger partial charge on any atom is 0.175 e. The maximum absolute atomic E-state index is 5.91. The van der Waals surface area contributed by atoms with Crippen LogP contribution < -0.4 is 5.73 Å². The van der Waals surface area contributed by atoms with Crippen molar-refractivity contribution in [3.05, 3.63) is 34.0 Å². The summed E-state index contributed by atoms with van der Waals surface area (Å²) in [7, 11) is 0. The monoisotopic (exact) mass is 242 g/mol. The summed E-state index contributed by atoms with van der Waals surface area (Å²) < 4.78 is 4.97. The largest absolute Gasteiger partial charge is 0.380 e. The SMILES string of the molecule is Cc1onc(N)c1-c1ccc(Cl)c(Cl)c1. The number of nitrogen functional groups attached to an aromatic ring is 1. The molecule has 1 heterocycles. The molecule has 2 N–H and O–H groups in total. The smallest absolute Gasteiger partial charge is 0.175 e. The van der Waals surface area contributed by atoms with Crippen LogP contribution in [0.1, 0.15) is 5.76 Å². The van der Waals surface area contributed by atoms with Crippen molar-refractivity contribution in [1.82, 2.24) is 5.16 Å². The average Bonchev–Trinajstić information content (AvgIpc) is 2.52. The van der Waals surface area contributed by atoms with E-state index in [4.69, 9.17) is 33.5 Å². The molecule has 0 saturated heterocycles. The van der Waals surface area contributed by atoms with Gasteiger partial charge >= 0.3 is 0 Å². The zero-order chi connectivity index (χ0) is 11.0. The molecule has 15 heavy (non-hydrogen) atoms. The molecule has 0 fully saturated rings. The van der Waals surface area contributed by atoms with Gasteiger partial charge in [-0.1, -0.05) is 34.4 Å². The van der Waals surface area contributed by atoms with Crippen LogP contribution in [0.3, 0.4) is 0 Å². The summed E-state index contributed by atoms with van der Waals surface area (Å²) in [5.74, 6) is 1.01. The van der Waals surface area contributed by atoms with Crippen LogP contribution in [0.2, 0.25) is 10.0 Å². The minimum absolute atomic E-state index is 0.353. The predicted molar refractivity (Wildman–Crippen MR) is 61.1 cm³/mol. The van der Waals surface area contributed by atoms with Crippen molar-refractivity contribution in [2.75, 3.05) is 5.73 Å². The van der Waals surface area contributed by atoms with Gasteiger partial charge in [-0.05, 0) is 24.6 Å². The van der Waals surface area contributed by atoms with Gasteiger partial charge in [0.1, 0.15) is 5.76 Å².